The van der Waals surface area contributed by atoms with Crippen molar-refractivity contribution >= 4 is 35.3 Å². The number of aliphatic imine (C=N–C) groups is 1. The van der Waals surface area contributed by atoms with E-state index in [4.69, 9.17) is 20.9 Å². The quantitative estimate of drug-likeness (QED) is 0.0992. The Morgan fingerprint density at radius 1 is 1.09 bits per heavy atom. The van der Waals surface area contributed by atoms with Gasteiger partial charge in [0.2, 0.25) is 5.91 Å². The number of esters is 1. The van der Waals surface area contributed by atoms with Gasteiger partial charge in [-0.1, -0.05) is 0 Å². The molecule has 0 spiro atoms. The van der Waals surface area contributed by atoms with E-state index in [2.05, 4.69) is 15.6 Å². The number of carbonyl (C=O) groups is 3. The van der Waals surface area contributed by atoms with E-state index in [1.54, 1.807) is 41.5 Å². The summed E-state index contributed by atoms with van der Waals surface area (Å²) in [6.07, 6.45) is -0.291. The van der Waals surface area contributed by atoms with Crippen LogP contribution in [0.25, 0.3) is 0 Å². The number of nitro groups is 1. The maximum absolute atomic E-state index is 13.0. The lowest BCUT2D eigenvalue weighted by atomic mass is 10.1. The molecule has 194 valence electrons. The highest BCUT2D eigenvalue weighted by Crippen LogP contribution is 2.25. The summed E-state index contributed by atoms with van der Waals surface area (Å²) in [7, 11) is 0. The fraction of sp³-hybridized carbons (Fsp3) is 0.545. The van der Waals surface area contributed by atoms with Gasteiger partial charge in [0.25, 0.3) is 5.69 Å². The molecule has 0 heterocycles. The summed E-state index contributed by atoms with van der Waals surface area (Å²) >= 11 is 0. The minimum absolute atomic E-state index is 0.0988. The van der Waals surface area contributed by atoms with E-state index in [0.717, 1.165) is 12.1 Å². The third-order valence-corrected chi connectivity index (χ3v) is 4.03. The van der Waals surface area contributed by atoms with Gasteiger partial charge >= 0.3 is 12.1 Å². The van der Waals surface area contributed by atoms with Gasteiger partial charge in [-0.05, 0) is 66.5 Å². The molecule has 13 heteroatoms. The molecule has 1 aromatic carbocycles. The standard InChI is InChI=1S/C22H34N6O7/c1-21(2,3)34-18(30)14-12-13(9-10-16(14)28(32)33)26-17(29)15(8-7-11-25-19(23)24)27-20(31)35-22(4,5)6/h9-10,12,15H,7-8,11H2,1-6H3,(H,26,29)(H,27,31)(H4,23,24,25). The van der Waals surface area contributed by atoms with Gasteiger partial charge in [-0.2, -0.15) is 0 Å². The zero-order valence-electron chi connectivity index (χ0n) is 20.8. The smallest absolute Gasteiger partial charge is 0.408 e. The van der Waals surface area contributed by atoms with Crippen molar-refractivity contribution in [3.05, 3.63) is 33.9 Å². The van der Waals surface area contributed by atoms with Crippen LogP contribution in [-0.2, 0) is 14.3 Å². The molecule has 0 aliphatic heterocycles. The van der Waals surface area contributed by atoms with E-state index in [-0.39, 0.29) is 30.2 Å². The second kappa shape index (κ2) is 12.0. The van der Waals surface area contributed by atoms with Crippen molar-refractivity contribution in [3.8, 4) is 0 Å². The molecule has 35 heavy (non-hydrogen) atoms. The highest BCUT2D eigenvalue weighted by atomic mass is 16.6. The number of hydrogen-bond donors (Lipinski definition) is 4. The Labute approximate surface area is 203 Å². The molecule has 1 aromatic rings. The van der Waals surface area contributed by atoms with Crippen LogP contribution in [0.3, 0.4) is 0 Å². The molecule has 2 amide bonds. The molecule has 0 radical (unpaired) electrons. The Morgan fingerprint density at radius 2 is 1.69 bits per heavy atom. The number of anilines is 1. The summed E-state index contributed by atoms with van der Waals surface area (Å²) in [4.78, 5) is 52.2. The van der Waals surface area contributed by atoms with E-state index in [1.165, 1.54) is 6.07 Å². The largest absolute Gasteiger partial charge is 0.456 e. The Hall–Kier alpha value is -3.90. The predicted octanol–water partition coefficient (Wildman–Crippen LogP) is 2.44. The maximum atomic E-state index is 13.0. The minimum atomic E-state index is -1.04. The van der Waals surface area contributed by atoms with Crippen molar-refractivity contribution in [3.63, 3.8) is 0 Å². The van der Waals surface area contributed by atoms with Gasteiger partial charge in [0.05, 0.1) is 4.92 Å². The molecule has 0 aromatic heterocycles. The number of benzene rings is 1. The Balaban J connectivity index is 3.14. The fourth-order valence-electron chi connectivity index (χ4n) is 2.72. The third-order valence-electron chi connectivity index (χ3n) is 4.03. The highest BCUT2D eigenvalue weighted by molar-refractivity contribution is 5.99. The van der Waals surface area contributed by atoms with E-state index in [0.29, 0.717) is 6.42 Å². The summed E-state index contributed by atoms with van der Waals surface area (Å²) in [5.41, 5.74) is 8.23. The predicted molar refractivity (Wildman–Crippen MR) is 130 cm³/mol. The molecular weight excluding hydrogens is 460 g/mol. The number of rotatable bonds is 9. The van der Waals surface area contributed by atoms with E-state index in [9.17, 15) is 24.5 Å². The zero-order chi connectivity index (χ0) is 27.0. The Kier molecular flexibility index (Phi) is 9.98. The van der Waals surface area contributed by atoms with Crippen LogP contribution in [0.5, 0.6) is 0 Å². The molecule has 13 nitrogen and oxygen atoms in total. The zero-order valence-corrected chi connectivity index (χ0v) is 20.8. The van der Waals surface area contributed by atoms with Crippen molar-refractivity contribution in [2.45, 2.75) is 71.6 Å². The van der Waals surface area contributed by atoms with Crippen molar-refractivity contribution in [2.24, 2.45) is 16.5 Å². The first-order valence-electron chi connectivity index (χ1n) is 10.9. The molecule has 0 bridgehead atoms. The molecule has 1 atom stereocenters. The van der Waals surface area contributed by atoms with Crippen LogP contribution >= 0.6 is 0 Å². The first-order valence-corrected chi connectivity index (χ1v) is 10.9. The van der Waals surface area contributed by atoms with Crippen LogP contribution in [0.15, 0.2) is 23.2 Å². The van der Waals surface area contributed by atoms with Gasteiger partial charge in [-0.3, -0.25) is 19.9 Å². The van der Waals surface area contributed by atoms with Crippen molar-refractivity contribution in [1.82, 2.24) is 5.32 Å². The number of nitrogens with two attached hydrogens (primary N) is 2. The number of nitro benzene ring substituents is 1. The minimum Gasteiger partial charge on any atom is -0.456 e. The SMILES string of the molecule is CC(C)(C)OC(=O)NC(CCCN=C(N)N)C(=O)Nc1ccc([N+](=O)[O-])c(C(=O)OC(C)(C)C)c1. The van der Waals surface area contributed by atoms with Crippen molar-refractivity contribution in [2.75, 3.05) is 11.9 Å². The molecule has 1 rings (SSSR count). The monoisotopic (exact) mass is 494 g/mol. The van der Waals surface area contributed by atoms with Crippen LogP contribution < -0.4 is 22.1 Å². The second-order valence-electron chi connectivity index (χ2n) is 9.63. The number of nitrogens with zero attached hydrogens (tertiary/aromatic N) is 2. The highest BCUT2D eigenvalue weighted by Gasteiger charge is 2.28. The molecule has 0 aliphatic rings. The molecule has 0 saturated heterocycles. The lowest BCUT2D eigenvalue weighted by Crippen LogP contribution is -2.45. The van der Waals surface area contributed by atoms with Crippen LogP contribution in [0.2, 0.25) is 0 Å². The summed E-state index contributed by atoms with van der Waals surface area (Å²) in [5, 5.41) is 16.4. The molecule has 0 fully saturated rings. The van der Waals surface area contributed by atoms with E-state index < -0.39 is 45.8 Å². The fourth-order valence-corrected chi connectivity index (χ4v) is 2.72. The number of hydrogen-bond acceptors (Lipinski definition) is 8. The number of nitrogens with one attached hydrogen (secondary N) is 2. The molecule has 0 saturated carbocycles. The van der Waals surface area contributed by atoms with Crippen molar-refractivity contribution < 1.29 is 28.8 Å². The lowest BCUT2D eigenvalue weighted by molar-refractivity contribution is -0.385. The molecule has 0 aliphatic carbocycles. The number of guanidine groups is 1. The Morgan fingerprint density at radius 3 is 2.20 bits per heavy atom. The molecule has 1 unspecified atom stereocenters. The summed E-state index contributed by atoms with van der Waals surface area (Å²) in [5.74, 6) is -1.66. The van der Waals surface area contributed by atoms with Gasteiger partial charge < -0.3 is 31.6 Å². The molecule has 6 N–H and O–H groups in total. The Bertz CT molecular complexity index is 975. The van der Waals surface area contributed by atoms with Gasteiger partial charge in [0.1, 0.15) is 22.8 Å². The topological polar surface area (TPSA) is 201 Å². The number of carbonyl (C=O) groups excluding carboxylic acids is 3. The first-order chi connectivity index (χ1) is 16.0. The normalized spacial score (nSPS) is 12.2. The maximum Gasteiger partial charge on any atom is 0.408 e. The third kappa shape index (κ3) is 11.2. The van der Waals surface area contributed by atoms with E-state index in [1.807, 2.05) is 0 Å². The number of ether oxygens (including phenoxy) is 2. The first kappa shape index (κ1) is 29.1. The van der Waals surface area contributed by atoms with Gasteiger partial charge in [-0.25, -0.2) is 9.59 Å². The summed E-state index contributed by atoms with van der Waals surface area (Å²) < 4.78 is 10.5. The molecular formula is C22H34N6O7. The average molecular weight is 495 g/mol. The van der Waals surface area contributed by atoms with Gasteiger partial charge in [0.15, 0.2) is 5.96 Å². The summed E-state index contributed by atoms with van der Waals surface area (Å²) in [6.45, 7) is 10.1. The number of amides is 2. The van der Waals surface area contributed by atoms with Crippen LogP contribution in [0.4, 0.5) is 16.2 Å². The average Bonchev–Trinajstić information content (AvgIpc) is 2.67. The number of alkyl carbamates (subject to hydrolysis) is 1. The van der Waals surface area contributed by atoms with Crippen LogP contribution in [0, 0.1) is 10.1 Å². The van der Waals surface area contributed by atoms with Crippen LogP contribution in [-0.4, -0.2) is 52.6 Å². The van der Waals surface area contributed by atoms with Crippen LogP contribution in [0.1, 0.15) is 64.7 Å². The second-order valence-corrected chi connectivity index (χ2v) is 9.63. The van der Waals surface area contributed by atoms with Gasteiger partial charge in [0, 0.05) is 18.3 Å². The van der Waals surface area contributed by atoms with Crippen molar-refractivity contribution in [1.29, 1.82) is 0 Å². The van der Waals surface area contributed by atoms with E-state index >= 15 is 0 Å². The summed E-state index contributed by atoms with van der Waals surface area (Å²) in [6, 6.07) is 2.46. The van der Waals surface area contributed by atoms with Gasteiger partial charge in [-0.15, -0.1) is 0 Å². The lowest BCUT2D eigenvalue weighted by Gasteiger charge is -2.23.